The molecule has 1 saturated heterocycles. The monoisotopic (exact) mass is 392 g/mol. The van der Waals surface area contributed by atoms with Gasteiger partial charge in [-0.3, -0.25) is 4.79 Å². The Balaban J connectivity index is 1.67. The number of carbonyl (C=O) groups is 1. The Hall–Kier alpha value is -2.96. The average molecular weight is 393 g/mol. The number of nitrogens with zero attached hydrogens (tertiary/aromatic N) is 6. The fourth-order valence-electron chi connectivity index (χ4n) is 3.81. The zero-order valence-electron chi connectivity index (χ0n) is 17.2. The average Bonchev–Trinajstić information content (AvgIpc) is 3.18. The summed E-state index contributed by atoms with van der Waals surface area (Å²) in [5.74, 6) is 2.03. The number of para-hydroxylation sites is 1. The molecule has 3 heterocycles. The largest absolute Gasteiger partial charge is 0.352 e. The fourth-order valence-corrected chi connectivity index (χ4v) is 3.81. The normalized spacial score (nSPS) is 14.6. The number of hydrogen-bond donors (Lipinski definition) is 0. The van der Waals surface area contributed by atoms with Crippen molar-refractivity contribution in [1.29, 1.82) is 0 Å². The zero-order chi connectivity index (χ0) is 20.2. The number of aromatic nitrogens is 4. The number of rotatable bonds is 6. The van der Waals surface area contributed by atoms with E-state index in [1.165, 1.54) is 0 Å². The molecule has 29 heavy (non-hydrogen) atoms. The van der Waals surface area contributed by atoms with Gasteiger partial charge in [0.2, 0.25) is 5.91 Å². The van der Waals surface area contributed by atoms with Crippen LogP contribution >= 0.6 is 0 Å². The number of piperazine rings is 1. The predicted molar refractivity (Wildman–Crippen MR) is 114 cm³/mol. The molecular formula is C22H28N6O. The molecule has 2 aromatic heterocycles. The van der Waals surface area contributed by atoms with E-state index >= 15 is 0 Å². The number of benzene rings is 1. The summed E-state index contributed by atoms with van der Waals surface area (Å²) in [5.41, 5.74) is 1.83. The molecule has 1 fully saturated rings. The minimum atomic E-state index is 0.253. The summed E-state index contributed by atoms with van der Waals surface area (Å²) in [5, 5.41) is 5.57. The summed E-state index contributed by atoms with van der Waals surface area (Å²) >= 11 is 0. The number of amides is 1. The van der Waals surface area contributed by atoms with Gasteiger partial charge in [0.15, 0.2) is 5.65 Å². The molecule has 0 unspecified atom stereocenters. The molecule has 7 nitrogen and oxygen atoms in total. The molecule has 0 aliphatic carbocycles. The second-order valence-corrected chi connectivity index (χ2v) is 7.46. The molecule has 0 saturated carbocycles. The Bertz CT molecular complexity index is 976. The maximum atomic E-state index is 12.2. The minimum absolute atomic E-state index is 0.253. The van der Waals surface area contributed by atoms with Crippen molar-refractivity contribution in [2.24, 2.45) is 0 Å². The lowest BCUT2D eigenvalue weighted by molar-refractivity contribution is -0.131. The van der Waals surface area contributed by atoms with E-state index in [-0.39, 0.29) is 5.91 Å². The van der Waals surface area contributed by atoms with Gasteiger partial charge < -0.3 is 9.80 Å². The molecule has 3 aromatic rings. The predicted octanol–water partition coefficient (Wildman–Crippen LogP) is 3.22. The second-order valence-electron chi connectivity index (χ2n) is 7.46. The van der Waals surface area contributed by atoms with Crippen LogP contribution < -0.4 is 4.90 Å². The van der Waals surface area contributed by atoms with Gasteiger partial charge in [-0.25, -0.2) is 14.6 Å². The van der Waals surface area contributed by atoms with Crippen LogP contribution in [0.4, 0.5) is 5.82 Å². The lowest BCUT2D eigenvalue weighted by atomic mass is 10.2. The maximum Gasteiger partial charge on any atom is 0.222 e. The van der Waals surface area contributed by atoms with Crippen LogP contribution in [-0.2, 0) is 11.2 Å². The highest BCUT2D eigenvalue weighted by Crippen LogP contribution is 2.27. The maximum absolute atomic E-state index is 12.2. The van der Waals surface area contributed by atoms with Crippen LogP contribution in [-0.4, -0.2) is 56.7 Å². The Morgan fingerprint density at radius 1 is 1.00 bits per heavy atom. The summed E-state index contributed by atoms with van der Waals surface area (Å²) < 4.78 is 1.89. The molecule has 1 amide bonds. The minimum Gasteiger partial charge on any atom is -0.352 e. The molecule has 0 radical (unpaired) electrons. The number of hydrogen-bond acceptors (Lipinski definition) is 5. The van der Waals surface area contributed by atoms with E-state index in [9.17, 15) is 4.79 Å². The zero-order valence-corrected chi connectivity index (χ0v) is 17.2. The van der Waals surface area contributed by atoms with Gasteiger partial charge in [-0.2, -0.15) is 5.10 Å². The number of fused-ring (bicyclic) bond motifs is 1. The van der Waals surface area contributed by atoms with Crippen molar-refractivity contribution in [2.45, 2.75) is 39.5 Å². The molecule has 0 atom stereocenters. The highest BCUT2D eigenvalue weighted by molar-refractivity contribution is 5.88. The highest BCUT2D eigenvalue weighted by Gasteiger charge is 2.24. The van der Waals surface area contributed by atoms with Crippen molar-refractivity contribution in [3.05, 3.63) is 42.4 Å². The molecule has 1 aliphatic heterocycles. The van der Waals surface area contributed by atoms with Crippen LogP contribution in [0.5, 0.6) is 0 Å². The van der Waals surface area contributed by atoms with E-state index in [0.717, 1.165) is 73.8 Å². The molecule has 0 spiro atoms. The molecule has 0 bridgehead atoms. The summed E-state index contributed by atoms with van der Waals surface area (Å²) in [7, 11) is 0. The molecule has 152 valence electrons. The van der Waals surface area contributed by atoms with Gasteiger partial charge in [-0.1, -0.05) is 32.0 Å². The Labute approximate surface area is 171 Å². The quantitative estimate of drug-likeness (QED) is 0.644. The van der Waals surface area contributed by atoms with Gasteiger partial charge in [-0.15, -0.1) is 0 Å². The first kappa shape index (κ1) is 19.4. The third-order valence-corrected chi connectivity index (χ3v) is 5.32. The molecule has 1 aliphatic rings. The third-order valence-electron chi connectivity index (χ3n) is 5.32. The van der Waals surface area contributed by atoms with Crippen molar-refractivity contribution >= 4 is 22.8 Å². The summed E-state index contributed by atoms with van der Waals surface area (Å²) in [6.07, 6.45) is 5.20. The summed E-state index contributed by atoms with van der Waals surface area (Å²) in [6.45, 7) is 7.22. The van der Waals surface area contributed by atoms with Gasteiger partial charge in [0.25, 0.3) is 0 Å². The van der Waals surface area contributed by atoms with Gasteiger partial charge >= 0.3 is 0 Å². The van der Waals surface area contributed by atoms with Crippen LogP contribution in [0.1, 0.15) is 38.9 Å². The van der Waals surface area contributed by atoms with E-state index in [0.29, 0.717) is 6.42 Å². The number of anilines is 1. The molecule has 4 rings (SSSR count). The van der Waals surface area contributed by atoms with Crippen LogP contribution in [0.3, 0.4) is 0 Å². The van der Waals surface area contributed by atoms with Crippen molar-refractivity contribution < 1.29 is 4.79 Å². The van der Waals surface area contributed by atoms with E-state index < -0.39 is 0 Å². The van der Waals surface area contributed by atoms with Gasteiger partial charge in [0.1, 0.15) is 11.6 Å². The first-order valence-corrected chi connectivity index (χ1v) is 10.5. The standard InChI is InChI=1S/C22H28N6O/c1-3-8-19-24-21(27-14-12-26(13-15-27)20(29)9-4-2)18-16-23-28(22(18)25-19)17-10-6-5-7-11-17/h5-7,10-11,16H,3-4,8-9,12-15H2,1-2H3. The van der Waals surface area contributed by atoms with E-state index in [1.807, 2.05) is 53.0 Å². The third kappa shape index (κ3) is 3.95. The molecule has 7 heteroatoms. The smallest absolute Gasteiger partial charge is 0.222 e. The number of aryl methyl sites for hydroxylation is 1. The summed E-state index contributed by atoms with van der Waals surface area (Å²) in [4.78, 5) is 26.2. The van der Waals surface area contributed by atoms with Gasteiger partial charge in [0, 0.05) is 39.0 Å². The lowest BCUT2D eigenvalue weighted by Gasteiger charge is -2.35. The van der Waals surface area contributed by atoms with Crippen LogP contribution in [0, 0.1) is 0 Å². The van der Waals surface area contributed by atoms with Crippen molar-refractivity contribution in [2.75, 3.05) is 31.1 Å². The number of carbonyl (C=O) groups excluding carboxylic acids is 1. The Morgan fingerprint density at radius 2 is 1.76 bits per heavy atom. The molecule has 0 N–H and O–H groups in total. The van der Waals surface area contributed by atoms with Crippen molar-refractivity contribution in [3.63, 3.8) is 0 Å². The van der Waals surface area contributed by atoms with Crippen LogP contribution in [0.15, 0.2) is 36.5 Å². The second kappa shape index (κ2) is 8.59. The van der Waals surface area contributed by atoms with Gasteiger partial charge in [0.05, 0.1) is 17.3 Å². The molecule has 1 aromatic carbocycles. The Kier molecular flexibility index (Phi) is 5.74. The first-order chi connectivity index (χ1) is 14.2. The fraction of sp³-hybridized carbons (Fsp3) is 0.455. The van der Waals surface area contributed by atoms with Crippen LogP contribution in [0.25, 0.3) is 16.7 Å². The van der Waals surface area contributed by atoms with E-state index in [2.05, 4.69) is 16.9 Å². The SMILES string of the molecule is CCCC(=O)N1CCN(c2nc(CCC)nc3c2cnn3-c2ccccc2)CC1. The van der Waals surface area contributed by atoms with Crippen LogP contribution in [0.2, 0.25) is 0 Å². The van der Waals surface area contributed by atoms with E-state index in [1.54, 1.807) is 0 Å². The summed E-state index contributed by atoms with van der Waals surface area (Å²) in [6, 6.07) is 10.1. The lowest BCUT2D eigenvalue weighted by Crippen LogP contribution is -2.49. The van der Waals surface area contributed by atoms with Crippen molar-refractivity contribution in [3.8, 4) is 5.69 Å². The molecular weight excluding hydrogens is 364 g/mol. The Morgan fingerprint density at radius 3 is 2.45 bits per heavy atom. The topological polar surface area (TPSA) is 67.2 Å². The first-order valence-electron chi connectivity index (χ1n) is 10.5. The van der Waals surface area contributed by atoms with Gasteiger partial charge in [-0.05, 0) is 25.0 Å². The van der Waals surface area contributed by atoms with Crippen molar-refractivity contribution in [1.82, 2.24) is 24.6 Å². The highest BCUT2D eigenvalue weighted by atomic mass is 16.2. The van der Waals surface area contributed by atoms with E-state index in [4.69, 9.17) is 9.97 Å².